The van der Waals surface area contributed by atoms with E-state index in [0.717, 1.165) is 30.7 Å². The van der Waals surface area contributed by atoms with E-state index in [1.807, 2.05) is 6.08 Å². The number of benzene rings is 1. The number of nitrogens with one attached hydrogen (secondary N) is 2. The van der Waals surface area contributed by atoms with Crippen molar-refractivity contribution in [1.29, 1.82) is 0 Å². The minimum absolute atomic E-state index is 0.0492. The predicted octanol–water partition coefficient (Wildman–Crippen LogP) is 0.458. The number of methoxy groups -OCH3 is 2. The summed E-state index contributed by atoms with van der Waals surface area (Å²) in [5.74, 6) is -1.49. The maximum absolute atomic E-state index is 12.5. The zero-order valence-corrected chi connectivity index (χ0v) is 14.8. The Labute approximate surface area is 146 Å². The van der Waals surface area contributed by atoms with Crippen molar-refractivity contribution < 1.29 is 27.5 Å². The van der Waals surface area contributed by atoms with E-state index in [-0.39, 0.29) is 22.6 Å². The minimum Gasteiger partial charge on any atom is -0.465 e. The van der Waals surface area contributed by atoms with Crippen LogP contribution in [-0.2, 0) is 19.5 Å². The molecule has 1 heterocycles. The molecule has 0 unspecified atom stereocenters. The Hall–Kier alpha value is -2.23. The predicted molar refractivity (Wildman–Crippen MR) is 89.9 cm³/mol. The van der Waals surface area contributed by atoms with Crippen LogP contribution in [0.25, 0.3) is 0 Å². The third-order valence-corrected chi connectivity index (χ3v) is 5.09. The first kappa shape index (κ1) is 19.1. The SMILES string of the molecule is COC(=O)c1cc(C(=O)OC)cc(S(=O)(=O)NCC2=CCNCC2)c1. The topological polar surface area (TPSA) is 111 Å². The van der Waals surface area contributed by atoms with Crippen LogP contribution in [0.4, 0.5) is 0 Å². The summed E-state index contributed by atoms with van der Waals surface area (Å²) in [6.45, 7) is 1.65. The van der Waals surface area contributed by atoms with Crippen molar-refractivity contribution in [3.63, 3.8) is 0 Å². The Morgan fingerprint density at radius 3 is 2.20 bits per heavy atom. The number of sulfonamides is 1. The van der Waals surface area contributed by atoms with Crippen LogP contribution in [0.3, 0.4) is 0 Å². The smallest absolute Gasteiger partial charge is 0.337 e. The van der Waals surface area contributed by atoms with Gasteiger partial charge in [-0.25, -0.2) is 22.7 Å². The van der Waals surface area contributed by atoms with Crippen LogP contribution < -0.4 is 10.0 Å². The molecule has 0 amide bonds. The van der Waals surface area contributed by atoms with E-state index in [1.54, 1.807) is 0 Å². The summed E-state index contributed by atoms with van der Waals surface area (Å²) in [6.07, 6.45) is 2.68. The standard InChI is InChI=1S/C16H20N2O6S/c1-23-15(19)12-7-13(16(20)24-2)9-14(8-12)25(21,22)18-10-11-3-5-17-6-4-11/h3,7-9,17-18H,4-6,10H2,1-2H3. The third-order valence-electron chi connectivity index (χ3n) is 3.71. The highest BCUT2D eigenvalue weighted by atomic mass is 32.2. The summed E-state index contributed by atoms with van der Waals surface area (Å²) in [6, 6.07) is 3.56. The fraction of sp³-hybridized carbons (Fsp3) is 0.375. The van der Waals surface area contributed by atoms with Crippen LogP contribution in [0.5, 0.6) is 0 Å². The van der Waals surface area contributed by atoms with E-state index in [0.29, 0.717) is 6.54 Å². The molecule has 9 heteroatoms. The average molecular weight is 368 g/mol. The van der Waals surface area contributed by atoms with Crippen LogP contribution in [0.1, 0.15) is 27.1 Å². The summed E-state index contributed by atoms with van der Waals surface area (Å²) in [7, 11) is -1.58. The van der Waals surface area contributed by atoms with Gasteiger partial charge in [0, 0.05) is 13.1 Å². The number of carbonyl (C=O) groups is 2. The summed E-state index contributed by atoms with van der Waals surface area (Å²) in [5.41, 5.74) is 0.873. The molecule has 1 aromatic rings. The van der Waals surface area contributed by atoms with E-state index in [4.69, 9.17) is 0 Å². The summed E-state index contributed by atoms with van der Waals surface area (Å²) in [5, 5.41) is 3.14. The normalized spacial score (nSPS) is 14.6. The number of carbonyl (C=O) groups excluding carboxylic acids is 2. The summed E-state index contributed by atoms with van der Waals surface area (Å²) < 4.78 is 36.8. The van der Waals surface area contributed by atoms with Crippen LogP contribution in [0, 0.1) is 0 Å². The average Bonchev–Trinajstić information content (AvgIpc) is 2.65. The maximum atomic E-state index is 12.5. The van der Waals surface area contributed by atoms with Gasteiger partial charge in [-0.3, -0.25) is 0 Å². The molecular weight excluding hydrogens is 348 g/mol. The van der Waals surface area contributed by atoms with Gasteiger partial charge in [0.15, 0.2) is 0 Å². The van der Waals surface area contributed by atoms with Crippen molar-refractivity contribution in [3.8, 4) is 0 Å². The zero-order chi connectivity index (χ0) is 18.4. The van der Waals surface area contributed by atoms with Crippen molar-refractivity contribution in [2.24, 2.45) is 0 Å². The Balaban J connectivity index is 2.32. The molecule has 0 bridgehead atoms. The summed E-state index contributed by atoms with van der Waals surface area (Å²) >= 11 is 0. The largest absolute Gasteiger partial charge is 0.465 e. The monoisotopic (exact) mass is 368 g/mol. The molecule has 0 spiro atoms. The lowest BCUT2D eigenvalue weighted by Crippen LogP contribution is -2.30. The number of esters is 2. The first-order valence-corrected chi connectivity index (χ1v) is 9.05. The lowest BCUT2D eigenvalue weighted by molar-refractivity contribution is 0.0598. The first-order chi connectivity index (χ1) is 11.9. The van der Waals surface area contributed by atoms with Crippen LogP contribution >= 0.6 is 0 Å². The van der Waals surface area contributed by atoms with Crippen molar-refractivity contribution in [2.45, 2.75) is 11.3 Å². The molecule has 2 N–H and O–H groups in total. The van der Waals surface area contributed by atoms with Gasteiger partial charge in [0.1, 0.15) is 0 Å². The van der Waals surface area contributed by atoms with Crippen molar-refractivity contribution >= 4 is 22.0 Å². The number of hydrogen-bond donors (Lipinski definition) is 2. The van der Waals surface area contributed by atoms with Crippen molar-refractivity contribution in [3.05, 3.63) is 41.0 Å². The maximum Gasteiger partial charge on any atom is 0.337 e. The van der Waals surface area contributed by atoms with Crippen LogP contribution in [-0.4, -0.2) is 54.2 Å². The van der Waals surface area contributed by atoms with Crippen LogP contribution in [0.2, 0.25) is 0 Å². The zero-order valence-electron chi connectivity index (χ0n) is 14.0. The molecule has 8 nitrogen and oxygen atoms in total. The second kappa shape index (κ2) is 8.24. The van der Waals surface area contributed by atoms with Gasteiger partial charge in [-0.15, -0.1) is 0 Å². The van der Waals surface area contributed by atoms with Gasteiger partial charge >= 0.3 is 11.9 Å². The lowest BCUT2D eigenvalue weighted by Gasteiger charge is -2.15. The highest BCUT2D eigenvalue weighted by molar-refractivity contribution is 7.89. The van der Waals surface area contributed by atoms with Gasteiger partial charge < -0.3 is 14.8 Å². The number of rotatable bonds is 6. The lowest BCUT2D eigenvalue weighted by atomic mass is 10.1. The molecule has 0 aromatic heterocycles. The van der Waals surface area contributed by atoms with E-state index in [2.05, 4.69) is 19.5 Å². The van der Waals surface area contributed by atoms with E-state index in [1.165, 1.54) is 20.3 Å². The molecule has 0 radical (unpaired) electrons. The second-order valence-corrected chi connectivity index (χ2v) is 7.14. The van der Waals surface area contributed by atoms with Gasteiger partial charge in [-0.1, -0.05) is 11.6 Å². The molecule has 1 aliphatic rings. The number of ether oxygens (including phenoxy) is 2. The number of hydrogen-bond acceptors (Lipinski definition) is 7. The molecule has 0 atom stereocenters. The molecule has 25 heavy (non-hydrogen) atoms. The molecule has 0 saturated carbocycles. The third kappa shape index (κ3) is 4.88. The van der Waals surface area contributed by atoms with Gasteiger partial charge in [-0.2, -0.15) is 0 Å². The fourth-order valence-corrected chi connectivity index (χ4v) is 3.43. The Morgan fingerprint density at radius 1 is 1.12 bits per heavy atom. The Bertz CT molecular complexity index is 767. The summed E-state index contributed by atoms with van der Waals surface area (Å²) in [4.78, 5) is 23.3. The van der Waals surface area contributed by atoms with E-state index >= 15 is 0 Å². The molecular formula is C16H20N2O6S. The highest BCUT2D eigenvalue weighted by Crippen LogP contribution is 2.17. The molecule has 1 aliphatic heterocycles. The highest BCUT2D eigenvalue weighted by Gasteiger charge is 2.21. The van der Waals surface area contributed by atoms with Crippen LogP contribution in [0.15, 0.2) is 34.7 Å². The van der Waals surface area contributed by atoms with E-state index < -0.39 is 22.0 Å². The quantitative estimate of drug-likeness (QED) is 0.554. The minimum atomic E-state index is -3.91. The van der Waals surface area contributed by atoms with Gasteiger partial charge in [0.2, 0.25) is 10.0 Å². The van der Waals surface area contributed by atoms with E-state index in [9.17, 15) is 18.0 Å². The Kier molecular flexibility index (Phi) is 6.29. The molecule has 0 fully saturated rings. The molecule has 2 rings (SSSR count). The molecule has 136 valence electrons. The van der Waals surface area contributed by atoms with Gasteiger partial charge in [0.05, 0.1) is 30.2 Å². The Morgan fingerprint density at radius 2 is 1.72 bits per heavy atom. The fourth-order valence-electron chi connectivity index (χ4n) is 2.33. The molecule has 1 aromatic carbocycles. The van der Waals surface area contributed by atoms with Gasteiger partial charge in [0.25, 0.3) is 0 Å². The van der Waals surface area contributed by atoms with Crippen molar-refractivity contribution in [2.75, 3.05) is 33.9 Å². The molecule has 0 saturated heterocycles. The first-order valence-electron chi connectivity index (χ1n) is 7.57. The van der Waals surface area contributed by atoms with Gasteiger partial charge in [-0.05, 0) is 31.2 Å². The molecule has 0 aliphatic carbocycles. The van der Waals surface area contributed by atoms with Crippen molar-refractivity contribution in [1.82, 2.24) is 10.0 Å². The second-order valence-electron chi connectivity index (χ2n) is 5.37.